The molecule has 0 amide bonds. The standard InChI is InChI=1S/C14H24N2OS/c1-3-9(4-2)13-8-15-14(18-13)16-11-7-10-5-6-12(11)17-10/h9-13H,3-8H2,1-2H3,(H,15,16). The fraction of sp³-hybridized carbons (Fsp3) is 0.929. The van der Waals surface area contributed by atoms with Crippen LogP contribution in [0.15, 0.2) is 4.99 Å². The van der Waals surface area contributed by atoms with E-state index in [2.05, 4.69) is 19.2 Å². The Morgan fingerprint density at radius 2 is 2.22 bits per heavy atom. The van der Waals surface area contributed by atoms with E-state index in [0.717, 1.165) is 12.5 Å². The van der Waals surface area contributed by atoms with E-state index in [1.807, 2.05) is 11.8 Å². The van der Waals surface area contributed by atoms with Gasteiger partial charge in [-0.05, 0) is 25.2 Å². The SMILES string of the molecule is CCC(CC)C1CN=C(NC2CC3CCC2O3)S1. The first-order chi connectivity index (χ1) is 8.80. The van der Waals surface area contributed by atoms with E-state index in [0.29, 0.717) is 23.5 Å². The third kappa shape index (κ3) is 2.42. The van der Waals surface area contributed by atoms with E-state index in [4.69, 9.17) is 9.73 Å². The van der Waals surface area contributed by atoms with Gasteiger partial charge in [-0.1, -0.05) is 38.5 Å². The molecule has 0 aromatic rings. The molecule has 102 valence electrons. The Morgan fingerprint density at radius 1 is 1.39 bits per heavy atom. The molecular weight excluding hydrogens is 244 g/mol. The van der Waals surface area contributed by atoms with Crippen LogP contribution in [0.5, 0.6) is 0 Å². The first-order valence-electron chi connectivity index (χ1n) is 7.43. The lowest BCUT2D eigenvalue weighted by Crippen LogP contribution is -2.40. The number of thioether (sulfide) groups is 1. The zero-order valence-corrected chi connectivity index (χ0v) is 12.2. The largest absolute Gasteiger partial charge is 0.373 e. The Labute approximate surface area is 114 Å². The zero-order chi connectivity index (χ0) is 12.5. The Morgan fingerprint density at radius 3 is 2.83 bits per heavy atom. The second-order valence-electron chi connectivity index (χ2n) is 5.74. The molecule has 4 unspecified atom stereocenters. The number of ether oxygens (including phenoxy) is 1. The van der Waals surface area contributed by atoms with Gasteiger partial charge in [-0.2, -0.15) is 0 Å². The second kappa shape index (κ2) is 5.41. The van der Waals surface area contributed by atoms with Crippen molar-refractivity contribution in [2.75, 3.05) is 6.54 Å². The van der Waals surface area contributed by atoms with Gasteiger partial charge >= 0.3 is 0 Å². The average Bonchev–Trinajstić information content (AvgIpc) is 3.07. The van der Waals surface area contributed by atoms with Gasteiger partial charge in [0.25, 0.3) is 0 Å². The van der Waals surface area contributed by atoms with Crippen molar-refractivity contribution in [3.63, 3.8) is 0 Å². The van der Waals surface area contributed by atoms with Crippen LogP contribution in [0.3, 0.4) is 0 Å². The molecule has 0 aliphatic carbocycles. The van der Waals surface area contributed by atoms with Crippen LogP contribution in [0.25, 0.3) is 0 Å². The summed E-state index contributed by atoms with van der Waals surface area (Å²) in [6.07, 6.45) is 7.19. The van der Waals surface area contributed by atoms with Crippen molar-refractivity contribution < 1.29 is 4.74 Å². The van der Waals surface area contributed by atoms with Gasteiger partial charge in [-0.25, -0.2) is 0 Å². The molecular formula is C14H24N2OS. The number of nitrogens with one attached hydrogen (secondary N) is 1. The molecule has 0 aromatic heterocycles. The van der Waals surface area contributed by atoms with Crippen molar-refractivity contribution in [2.24, 2.45) is 10.9 Å². The molecule has 4 atom stereocenters. The molecule has 4 heteroatoms. The van der Waals surface area contributed by atoms with Crippen molar-refractivity contribution in [1.29, 1.82) is 0 Å². The van der Waals surface area contributed by atoms with Crippen molar-refractivity contribution >= 4 is 16.9 Å². The van der Waals surface area contributed by atoms with E-state index in [9.17, 15) is 0 Å². The minimum atomic E-state index is 0.450. The summed E-state index contributed by atoms with van der Waals surface area (Å²) in [4.78, 5) is 4.69. The molecule has 0 radical (unpaired) electrons. The van der Waals surface area contributed by atoms with Crippen LogP contribution in [-0.4, -0.2) is 35.2 Å². The summed E-state index contributed by atoms with van der Waals surface area (Å²) in [5.41, 5.74) is 0. The maximum atomic E-state index is 5.89. The van der Waals surface area contributed by atoms with E-state index < -0.39 is 0 Å². The maximum Gasteiger partial charge on any atom is 0.157 e. The Kier molecular flexibility index (Phi) is 3.85. The predicted molar refractivity (Wildman–Crippen MR) is 77.2 cm³/mol. The van der Waals surface area contributed by atoms with E-state index in [-0.39, 0.29) is 0 Å². The Hall–Kier alpha value is -0.220. The third-order valence-electron chi connectivity index (χ3n) is 4.67. The first-order valence-corrected chi connectivity index (χ1v) is 8.31. The fourth-order valence-corrected chi connectivity index (χ4v) is 4.86. The lowest BCUT2D eigenvalue weighted by Gasteiger charge is -2.22. The summed E-state index contributed by atoms with van der Waals surface area (Å²) in [5, 5.41) is 5.50. The predicted octanol–water partition coefficient (Wildman–Crippen LogP) is 2.80. The van der Waals surface area contributed by atoms with E-state index in [1.165, 1.54) is 37.3 Å². The van der Waals surface area contributed by atoms with Crippen LogP contribution in [0.2, 0.25) is 0 Å². The van der Waals surface area contributed by atoms with Gasteiger partial charge in [0.15, 0.2) is 5.17 Å². The first kappa shape index (κ1) is 12.8. The van der Waals surface area contributed by atoms with Gasteiger partial charge in [0, 0.05) is 5.25 Å². The number of nitrogens with zero attached hydrogens (tertiary/aromatic N) is 1. The fourth-order valence-electron chi connectivity index (χ4n) is 3.48. The van der Waals surface area contributed by atoms with Crippen molar-refractivity contribution in [1.82, 2.24) is 5.32 Å². The van der Waals surface area contributed by atoms with Crippen LogP contribution in [0.1, 0.15) is 46.0 Å². The Balaban J connectivity index is 1.50. The smallest absolute Gasteiger partial charge is 0.157 e. The summed E-state index contributed by atoms with van der Waals surface area (Å²) < 4.78 is 5.89. The number of hydrogen-bond acceptors (Lipinski definition) is 4. The van der Waals surface area contributed by atoms with Crippen molar-refractivity contribution in [2.45, 2.75) is 69.5 Å². The van der Waals surface area contributed by atoms with Crippen LogP contribution in [-0.2, 0) is 4.74 Å². The summed E-state index contributed by atoms with van der Waals surface area (Å²) in [7, 11) is 0. The van der Waals surface area contributed by atoms with Crippen LogP contribution in [0, 0.1) is 5.92 Å². The van der Waals surface area contributed by atoms with Gasteiger partial charge in [-0.15, -0.1) is 0 Å². The summed E-state index contributed by atoms with van der Waals surface area (Å²) >= 11 is 1.97. The average molecular weight is 268 g/mol. The lowest BCUT2D eigenvalue weighted by atomic mass is 9.96. The van der Waals surface area contributed by atoms with Gasteiger partial charge in [0.1, 0.15) is 0 Å². The molecule has 3 aliphatic heterocycles. The molecule has 3 rings (SSSR count). The minimum absolute atomic E-state index is 0.450. The molecule has 18 heavy (non-hydrogen) atoms. The molecule has 3 aliphatic rings. The number of amidine groups is 1. The summed E-state index contributed by atoms with van der Waals surface area (Å²) in [6, 6.07) is 0.524. The number of hydrogen-bond donors (Lipinski definition) is 1. The van der Waals surface area contributed by atoms with Gasteiger partial charge in [0.2, 0.25) is 0 Å². The van der Waals surface area contributed by atoms with Crippen molar-refractivity contribution in [3.05, 3.63) is 0 Å². The topological polar surface area (TPSA) is 33.6 Å². The summed E-state index contributed by atoms with van der Waals surface area (Å²) in [6.45, 7) is 5.59. The lowest BCUT2D eigenvalue weighted by molar-refractivity contribution is 0.0994. The molecule has 2 fully saturated rings. The molecule has 0 saturated carbocycles. The molecule has 1 N–H and O–H groups in total. The normalized spacial score (nSPS) is 38.5. The molecule has 3 heterocycles. The minimum Gasteiger partial charge on any atom is -0.373 e. The number of fused-ring (bicyclic) bond motifs is 2. The van der Waals surface area contributed by atoms with Crippen molar-refractivity contribution in [3.8, 4) is 0 Å². The highest BCUT2D eigenvalue weighted by Gasteiger charge is 2.41. The van der Waals surface area contributed by atoms with Gasteiger partial charge in [0.05, 0.1) is 24.8 Å². The molecule has 2 saturated heterocycles. The maximum absolute atomic E-state index is 5.89. The third-order valence-corrected chi connectivity index (χ3v) is 5.97. The van der Waals surface area contributed by atoms with Crippen LogP contribution < -0.4 is 5.32 Å². The Bertz CT molecular complexity index is 330. The van der Waals surface area contributed by atoms with E-state index >= 15 is 0 Å². The van der Waals surface area contributed by atoms with E-state index in [1.54, 1.807) is 0 Å². The highest BCUT2D eigenvalue weighted by molar-refractivity contribution is 8.14. The molecule has 0 spiro atoms. The molecule has 3 nitrogen and oxygen atoms in total. The highest BCUT2D eigenvalue weighted by atomic mass is 32.2. The summed E-state index contributed by atoms with van der Waals surface area (Å²) in [5.74, 6) is 0.814. The monoisotopic (exact) mass is 268 g/mol. The highest BCUT2D eigenvalue weighted by Crippen LogP contribution is 2.36. The number of aliphatic imine (C=N–C) groups is 1. The number of rotatable bonds is 4. The van der Waals surface area contributed by atoms with Gasteiger partial charge in [-0.3, -0.25) is 4.99 Å². The zero-order valence-electron chi connectivity index (χ0n) is 11.4. The van der Waals surface area contributed by atoms with Crippen LogP contribution >= 0.6 is 11.8 Å². The second-order valence-corrected chi connectivity index (χ2v) is 6.97. The van der Waals surface area contributed by atoms with Gasteiger partial charge < -0.3 is 10.1 Å². The molecule has 0 aromatic carbocycles. The quantitative estimate of drug-likeness (QED) is 0.851. The molecule has 2 bridgehead atoms. The van der Waals surface area contributed by atoms with Crippen LogP contribution in [0.4, 0.5) is 0 Å².